The predicted octanol–water partition coefficient (Wildman–Crippen LogP) is 2.57. The number of hydrogen-bond acceptors (Lipinski definition) is 0. The Labute approximate surface area is 125 Å². The molecule has 0 aromatic carbocycles. The topological polar surface area (TPSA) is 0 Å². The van der Waals surface area contributed by atoms with Crippen LogP contribution in [0, 0.1) is 0 Å². The zero-order chi connectivity index (χ0) is 12.8. The molecule has 0 rings (SSSR count). The molecule has 0 fully saturated rings. The van der Waals surface area contributed by atoms with E-state index < -0.39 is 0 Å². The molecule has 0 aliphatic rings. The summed E-state index contributed by atoms with van der Waals surface area (Å²) in [7, 11) is 0.749. The van der Waals surface area contributed by atoms with Crippen molar-refractivity contribution in [3.63, 3.8) is 0 Å². The van der Waals surface area contributed by atoms with Crippen LogP contribution in [-0.2, 0) is 10.9 Å². The van der Waals surface area contributed by atoms with Crippen LogP contribution in [-0.4, -0.2) is 17.3 Å². The molecule has 0 aromatic rings. The standard InChI is InChI=1S/C16H35S.ClH/c1-4-7-8-9-10-11-12-13-14-15-16-17(5-2)6-3;/h4-16H2,1-3H3;1H/q+1;/p-1. The molecule has 18 heavy (non-hydrogen) atoms. The second-order valence-corrected chi connectivity index (χ2v) is 7.86. The van der Waals surface area contributed by atoms with Gasteiger partial charge in [0.05, 0.1) is 0 Å². The fourth-order valence-corrected chi connectivity index (χ4v) is 3.88. The quantitative estimate of drug-likeness (QED) is 0.362. The van der Waals surface area contributed by atoms with E-state index in [9.17, 15) is 0 Å². The molecule has 0 amide bonds. The molecular formula is C16H35ClS. The summed E-state index contributed by atoms with van der Waals surface area (Å²) < 4.78 is 0. The van der Waals surface area contributed by atoms with Gasteiger partial charge in [-0.3, -0.25) is 0 Å². The van der Waals surface area contributed by atoms with Gasteiger partial charge in [-0.25, -0.2) is 0 Å². The highest BCUT2D eigenvalue weighted by molar-refractivity contribution is 7.96. The normalized spacial score (nSPS) is 10.7. The zero-order valence-corrected chi connectivity index (χ0v) is 14.6. The third-order valence-corrected chi connectivity index (χ3v) is 6.10. The molecule has 0 aliphatic heterocycles. The molecule has 0 aromatic heterocycles. The van der Waals surface area contributed by atoms with Gasteiger partial charge in [-0.2, -0.15) is 0 Å². The van der Waals surface area contributed by atoms with Gasteiger partial charge in [0, 0.05) is 0 Å². The van der Waals surface area contributed by atoms with Crippen LogP contribution in [0.1, 0.15) is 85.0 Å². The first-order valence-electron chi connectivity index (χ1n) is 7.99. The first kappa shape index (κ1) is 20.9. The third kappa shape index (κ3) is 14.7. The molecule has 0 saturated carbocycles. The zero-order valence-electron chi connectivity index (χ0n) is 13.0. The van der Waals surface area contributed by atoms with Crippen LogP contribution in [0.4, 0.5) is 0 Å². The minimum atomic E-state index is 0. The molecule has 0 N–H and O–H groups in total. The summed E-state index contributed by atoms with van der Waals surface area (Å²) in [6, 6.07) is 0. The lowest BCUT2D eigenvalue weighted by molar-refractivity contribution is -0.00000389. The van der Waals surface area contributed by atoms with Gasteiger partial charge in [-0.1, -0.05) is 58.3 Å². The highest BCUT2D eigenvalue weighted by Crippen LogP contribution is 2.11. The predicted molar refractivity (Wildman–Crippen MR) is 85.2 cm³/mol. The average molecular weight is 295 g/mol. The highest BCUT2D eigenvalue weighted by Gasteiger charge is 2.10. The SMILES string of the molecule is CCCCCCCCCCCC[S+](CC)CC.[Cl-]. The van der Waals surface area contributed by atoms with E-state index in [1.165, 1.54) is 81.5 Å². The van der Waals surface area contributed by atoms with Crippen LogP contribution >= 0.6 is 0 Å². The molecule has 0 bridgehead atoms. The minimum absolute atomic E-state index is 0. The van der Waals surface area contributed by atoms with E-state index in [1.807, 2.05) is 0 Å². The molecule has 0 aliphatic carbocycles. The summed E-state index contributed by atoms with van der Waals surface area (Å²) >= 11 is 0. The fourth-order valence-electron chi connectivity index (χ4n) is 2.29. The van der Waals surface area contributed by atoms with E-state index in [0.29, 0.717) is 0 Å². The van der Waals surface area contributed by atoms with Crippen LogP contribution < -0.4 is 12.4 Å². The number of halogens is 1. The summed E-state index contributed by atoms with van der Waals surface area (Å²) in [6.45, 7) is 6.99. The van der Waals surface area contributed by atoms with Crippen molar-refractivity contribution in [2.75, 3.05) is 17.3 Å². The Bertz CT molecular complexity index is 135. The van der Waals surface area contributed by atoms with Crippen molar-refractivity contribution in [1.29, 1.82) is 0 Å². The smallest absolute Gasteiger partial charge is 0.108 e. The number of hydrogen-bond donors (Lipinski definition) is 0. The Morgan fingerprint density at radius 2 is 0.944 bits per heavy atom. The van der Waals surface area contributed by atoms with Gasteiger partial charge < -0.3 is 12.4 Å². The largest absolute Gasteiger partial charge is 1.00 e. The average Bonchev–Trinajstić information content (AvgIpc) is 2.36. The maximum absolute atomic E-state index is 2.35. The Kier molecular flexibility index (Phi) is 20.5. The van der Waals surface area contributed by atoms with Crippen molar-refractivity contribution >= 4 is 10.9 Å². The van der Waals surface area contributed by atoms with Crippen molar-refractivity contribution < 1.29 is 12.4 Å². The van der Waals surface area contributed by atoms with Gasteiger partial charge in [-0.05, 0) is 37.6 Å². The van der Waals surface area contributed by atoms with E-state index >= 15 is 0 Å². The Balaban J connectivity index is 0. The van der Waals surface area contributed by atoms with Crippen molar-refractivity contribution in [2.45, 2.75) is 85.0 Å². The van der Waals surface area contributed by atoms with Gasteiger partial charge in [0.1, 0.15) is 17.3 Å². The van der Waals surface area contributed by atoms with Crippen molar-refractivity contribution in [1.82, 2.24) is 0 Å². The molecule has 0 radical (unpaired) electrons. The van der Waals surface area contributed by atoms with Crippen molar-refractivity contribution in [2.24, 2.45) is 0 Å². The van der Waals surface area contributed by atoms with E-state index in [0.717, 1.165) is 10.9 Å². The monoisotopic (exact) mass is 294 g/mol. The summed E-state index contributed by atoms with van der Waals surface area (Å²) in [4.78, 5) is 0. The molecule has 2 heteroatoms. The number of rotatable bonds is 13. The van der Waals surface area contributed by atoms with Gasteiger partial charge in [0.2, 0.25) is 0 Å². The van der Waals surface area contributed by atoms with Crippen LogP contribution in [0.15, 0.2) is 0 Å². The van der Waals surface area contributed by atoms with Crippen LogP contribution in [0.25, 0.3) is 0 Å². The molecule has 0 saturated heterocycles. The Hall–Kier alpha value is 0.640. The second-order valence-electron chi connectivity index (χ2n) is 5.08. The maximum Gasteiger partial charge on any atom is 0.108 e. The lowest BCUT2D eigenvalue weighted by Crippen LogP contribution is -3.00. The van der Waals surface area contributed by atoms with Crippen LogP contribution in [0.5, 0.6) is 0 Å². The van der Waals surface area contributed by atoms with E-state index in [-0.39, 0.29) is 12.4 Å². The summed E-state index contributed by atoms with van der Waals surface area (Å²) in [5.74, 6) is 4.32. The molecule has 0 spiro atoms. The third-order valence-electron chi connectivity index (χ3n) is 3.60. The van der Waals surface area contributed by atoms with Gasteiger partial charge >= 0.3 is 0 Å². The minimum Gasteiger partial charge on any atom is -1.00 e. The first-order valence-corrected chi connectivity index (χ1v) is 9.72. The first-order chi connectivity index (χ1) is 8.35. The Morgan fingerprint density at radius 1 is 0.556 bits per heavy atom. The lowest BCUT2D eigenvalue weighted by Gasteiger charge is -2.04. The van der Waals surface area contributed by atoms with Gasteiger partial charge in [0.15, 0.2) is 0 Å². The molecule has 0 heterocycles. The molecular weight excluding hydrogens is 260 g/mol. The fraction of sp³-hybridized carbons (Fsp3) is 1.00. The van der Waals surface area contributed by atoms with Gasteiger partial charge in [-0.15, -0.1) is 0 Å². The summed E-state index contributed by atoms with van der Waals surface area (Å²) in [5, 5.41) is 0. The number of unbranched alkanes of at least 4 members (excludes halogenated alkanes) is 9. The second kappa shape index (κ2) is 17.6. The van der Waals surface area contributed by atoms with E-state index in [1.54, 1.807) is 0 Å². The van der Waals surface area contributed by atoms with Crippen LogP contribution in [0.3, 0.4) is 0 Å². The van der Waals surface area contributed by atoms with E-state index in [4.69, 9.17) is 0 Å². The van der Waals surface area contributed by atoms with Crippen LogP contribution in [0.2, 0.25) is 0 Å². The maximum atomic E-state index is 2.35. The Morgan fingerprint density at radius 3 is 1.33 bits per heavy atom. The lowest BCUT2D eigenvalue weighted by atomic mass is 10.1. The molecule has 0 nitrogen and oxygen atoms in total. The van der Waals surface area contributed by atoms with Gasteiger partial charge in [0.25, 0.3) is 0 Å². The summed E-state index contributed by atoms with van der Waals surface area (Å²) in [6.07, 6.45) is 14.7. The summed E-state index contributed by atoms with van der Waals surface area (Å²) in [5.41, 5.74) is 0. The highest BCUT2D eigenvalue weighted by atomic mass is 35.5. The van der Waals surface area contributed by atoms with Crippen molar-refractivity contribution in [3.05, 3.63) is 0 Å². The van der Waals surface area contributed by atoms with Crippen molar-refractivity contribution in [3.8, 4) is 0 Å². The van der Waals surface area contributed by atoms with E-state index in [2.05, 4.69) is 20.8 Å². The molecule has 112 valence electrons. The molecule has 0 unspecified atom stereocenters. The molecule has 0 atom stereocenters.